The van der Waals surface area contributed by atoms with Crippen molar-refractivity contribution in [1.29, 1.82) is 0 Å². The number of halogens is 1. The third kappa shape index (κ3) is 5.30. The van der Waals surface area contributed by atoms with Crippen LogP contribution in [0.3, 0.4) is 0 Å². The van der Waals surface area contributed by atoms with Crippen molar-refractivity contribution in [3.8, 4) is 5.75 Å². The maximum absolute atomic E-state index is 11.9. The van der Waals surface area contributed by atoms with Crippen molar-refractivity contribution in [1.82, 2.24) is 5.32 Å². The molecule has 22 heavy (non-hydrogen) atoms. The summed E-state index contributed by atoms with van der Waals surface area (Å²) in [5, 5.41) is 15.5. The van der Waals surface area contributed by atoms with Crippen LogP contribution in [0.1, 0.15) is 18.9 Å². The Morgan fingerprint density at radius 2 is 1.77 bits per heavy atom. The first kappa shape index (κ1) is 16.2. The number of phenols is 1. The number of aryl methyl sites for hydroxylation is 1. The lowest BCUT2D eigenvalue weighted by atomic mass is 10.1. The highest BCUT2D eigenvalue weighted by atomic mass is 35.5. The van der Waals surface area contributed by atoms with Crippen LogP contribution in [0.4, 0.5) is 10.5 Å². The number of carbonyl (C=O) groups excluding carboxylic acids is 1. The summed E-state index contributed by atoms with van der Waals surface area (Å²) in [6, 6.07) is 13.9. The van der Waals surface area contributed by atoms with Gasteiger partial charge in [0.1, 0.15) is 5.75 Å². The average molecular weight is 319 g/mol. The largest absolute Gasteiger partial charge is 0.508 e. The molecule has 3 N–H and O–H groups in total. The second-order valence-corrected chi connectivity index (χ2v) is 5.65. The average Bonchev–Trinajstić information content (AvgIpc) is 2.49. The molecule has 0 unspecified atom stereocenters. The molecule has 116 valence electrons. The van der Waals surface area contributed by atoms with Gasteiger partial charge in [-0.3, -0.25) is 0 Å². The van der Waals surface area contributed by atoms with Crippen molar-refractivity contribution in [2.24, 2.45) is 0 Å². The Labute approximate surface area is 135 Å². The zero-order chi connectivity index (χ0) is 15.9. The van der Waals surface area contributed by atoms with Crippen LogP contribution in [0.15, 0.2) is 48.5 Å². The van der Waals surface area contributed by atoms with E-state index >= 15 is 0 Å². The Balaban J connectivity index is 1.76. The molecule has 2 aromatic rings. The molecule has 2 aromatic carbocycles. The topological polar surface area (TPSA) is 61.4 Å². The molecule has 2 amide bonds. The van der Waals surface area contributed by atoms with Gasteiger partial charge in [0.05, 0.1) is 0 Å². The van der Waals surface area contributed by atoms with Gasteiger partial charge in [0.25, 0.3) is 0 Å². The normalized spacial score (nSPS) is 11.7. The third-order valence-corrected chi connectivity index (χ3v) is 3.53. The number of urea groups is 1. The minimum Gasteiger partial charge on any atom is -0.508 e. The summed E-state index contributed by atoms with van der Waals surface area (Å²) in [5.41, 5.74) is 1.83. The molecule has 5 heteroatoms. The van der Waals surface area contributed by atoms with Crippen molar-refractivity contribution < 1.29 is 9.90 Å². The van der Waals surface area contributed by atoms with E-state index in [-0.39, 0.29) is 17.8 Å². The molecule has 0 fully saturated rings. The van der Waals surface area contributed by atoms with E-state index in [1.54, 1.807) is 36.4 Å². The minimum absolute atomic E-state index is 0.0427. The molecule has 2 rings (SSSR count). The predicted molar refractivity (Wildman–Crippen MR) is 89.5 cm³/mol. The summed E-state index contributed by atoms with van der Waals surface area (Å²) >= 11 is 5.80. The van der Waals surface area contributed by atoms with Gasteiger partial charge in [-0.15, -0.1) is 0 Å². The number of carbonyl (C=O) groups is 1. The number of benzene rings is 2. The fraction of sp³-hybridized carbons (Fsp3) is 0.235. The number of hydrogen-bond acceptors (Lipinski definition) is 2. The van der Waals surface area contributed by atoms with Gasteiger partial charge in [-0.1, -0.05) is 23.7 Å². The van der Waals surface area contributed by atoms with Gasteiger partial charge in [-0.05, 0) is 61.7 Å². The molecule has 0 aliphatic carbocycles. The van der Waals surface area contributed by atoms with Gasteiger partial charge in [-0.25, -0.2) is 4.79 Å². The molecule has 0 spiro atoms. The second kappa shape index (κ2) is 7.71. The summed E-state index contributed by atoms with van der Waals surface area (Å²) in [6.07, 6.45) is 1.65. The molecule has 0 saturated carbocycles. The van der Waals surface area contributed by atoms with E-state index in [9.17, 15) is 9.90 Å². The van der Waals surface area contributed by atoms with Gasteiger partial charge in [0.2, 0.25) is 0 Å². The Morgan fingerprint density at radius 1 is 1.14 bits per heavy atom. The third-order valence-electron chi connectivity index (χ3n) is 3.28. The molecule has 0 aliphatic rings. The fourth-order valence-electron chi connectivity index (χ4n) is 2.04. The molecule has 0 aromatic heterocycles. The van der Waals surface area contributed by atoms with E-state index in [4.69, 9.17) is 11.6 Å². The lowest BCUT2D eigenvalue weighted by Gasteiger charge is -2.14. The van der Waals surface area contributed by atoms with E-state index in [0.717, 1.165) is 18.4 Å². The number of amides is 2. The summed E-state index contributed by atoms with van der Waals surface area (Å²) in [5.74, 6) is 0.261. The van der Waals surface area contributed by atoms with E-state index in [0.29, 0.717) is 10.7 Å². The van der Waals surface area contributed by atoms with Crippen LogP contribution in [0.5, 0.6) is 5.75 Å². The van der Waals surface area contributed by atoms with Crippen LogP contribution < -0.4 is 10.6 Å². The lowest BCUT2D eigenvalue weighted by Crippen LogP contribution is -2.36. The van der Waals surface area contributed by atoms with Gasteiger partial charge >= 0.3 is 6.03 Å². The summed E-state index contributed by atoms with van der Waals surface area (Å²) < 4.78 is 0. The Hall–Kier alpha value is -2.20. The molecule has 0 radical (unpaired) electrons. The standard InChI is InChI=1S/C17H19ClN2O2/c1-12(2-3-13-4-10-16(21)11-5-13)19-17(22)20-15-8-6-14(18)7-9-15/h4-12,21H,2-3H2,1H3,(H2,19,20,22)/t12-/m0/s1. The zero-order valence-corrected chi connectivity index (χ0v) is 13.1. The van der Waals surface area contributed by atoms with Crippen LogP contribution in [-0.4, -0.2) is 17.2 Å². The number of hydrogen-bond donors (Lipinski definition) is 3. The SMILES string of the molecule is C[C@@H](CCc1ccc(O)cc1)NC(=O)Nc1ccc(Cl)cc1. The van der Waals surface area contributed by atoms with Crippen molar-refractivity contribution in [2.45, 2.75) is 25.8 Å². The van der Waals surface area contributed by atoms with Crippen LogP contribution in [0.25, 0.3) is 0 Å². The Kier molecular flexibility index (Phi) is 5.67. The Bertz CT molecular complexity index is 612. The second-order valence-electron chi connectivity index (χ2n) is 5.21. The fourth-order valence-corrected chi connectivity index (χ4v) is 2.17. The number of aromatic hydroxyl groups is 1. The molecule has 0 heterocycles. The lowest BCUT2D eigenvalue weighted by molar-refractivity contribution is 0.248. The number of anilines is 1. The summed E-state index contributed by atoms with van der Waals surface area (Å²) in [6.45, 7) is 1.96. The molecule has 0 saturated heterocycles. The van der Waals surface area contributed by atoms with E-state index < -0.39 is 0 Å². The van der Waals surface area contributed by atoms with Crippen LogP contribution >= 0.6 is 11.6 Å². The van der Waals surface area contributed by atoms with Gasteiger partial charge in [0, 0.05) is 16.8 Å². The molecule has 4 nitrogen and oxygen atoms in total. The number of rotatable bonds is 5. The maximum atomic E-state index is 11.9. The molecule has 0 bridgehead atoms. The first-order valence-electron chi connectivity index (χ1n) is 7.14. The van der Waals surface area contributed by atoms with Crippen LogP contribution in [-0.2, 0) is 6.42 Å². The van der Waals surface area contributed by atoms with E-state index in [2.05, 4.69) is 10.6 Å². The van der Waals surface area contributed by atoms with Gasteiger partial charge in [-0.2, -0.15) is 0 Å². The van der Waals surface area contributed by atoms with Gasteiger partial charge in [0.15, 0.2) is 0 Å². The van der Waals surface area contributed by atoms with Crippen molar-refractivity contribution in [3.05, 3.63) is 59.1 Å². The molecule has 0 aliphatic heterocycles. The smallest absolute Gasteiger partial charge is 0.319 e. The molecule has 1 atom stereocenters. The van der Waals surface area contributed by atoms with Crippen molar-refractivity contribution in [3.63, 3.8) is 0 Å². The number of phenolic OH excluding ortho intramolecular Hbond substituents is 1. The Morgan fingerprint density at radius 3 is 2.41 bits per heavy atom. The number of nitrogens with one attached hydrogen (secondary N) is 2. The van der Waals surface area contributed by atoms with E-state index in [1.165, 1.54) is 0 Å². The van der Waals surface area contributed by atoms with Crippen molar-refractivity contribution in [2.75, 3.05) is 5.32 Å². The van der Waals surface area contributed by atoms with E-state index in [1.807, 2.05) is 19.1 Å². The summed E-state index contributed by atoms with van der Waals surface area (Å²) in [7, 11) is 0. The molecular formula is C17H19ClN2O2. The highest BCUT2D eigenvalue weighted by molar-refractivity contribution is 6.30. The molecular weight excluding hydrogens is 300 g/mol. The first-order chi connectivity index (χ1) is 10.5. The van der Waals surface area contributed by atoms with Crippen LogP contribution in [0.2, 0.25) is 5.02 Å². The quantitative estimate of drug-likeness (QED) is 0.774. The monoisotopic (exact) mass is 318 g/mol. The predicted octanol–water partition coefficient (Wildman–Crippen LogP) is 4.19. The van der Waals surface area contributed by atoms with Gasteiger partial charge < -0.3 is 15.7 Å². The maximum Gasteiger partial charge on any atom is 0.319 e. The summed E-state index contributed by atoms with van der Waals surface area (Å²) in [4.78, 5) is 11.9. The minimum atomic E-state index is -0.236. The van der Waals surface area contributed by atoms with Crippen LogP contribution in [0, 0.1) is 0 Å². The first-order valence-corrected chi connectivity index (χ1v) is 7.52. The van der Waals surface area contributed by atoms with Crippen molar-refractivity contribution >= 4 is 23.3 Å². The highest BCUT2D eigenvalue weighted by Crippen LogP contribution is 2.14. The highest BCUT2D eigenvalue weighted by Gasteiger charge is 2.07. The zero-order valence-electron chi connectivity index (χ0n) is 12.3.